The van der Waals surface area contributed by atoms with Gasteiger partial charge in [-0.3, -0.25) is 4.79 Å². The van der Waals surface area contributed by atoms with Gasteiger partial charge in [-0.25, -0.2) is 0 Å². The van der Waals surface area contributed by atoms with Crippen molar-refractivity contribution >= 4 is 11.9 Å². The summed E-state index contributed by atoms with van der Waals surface area (Å²) in [6.45, 7) is 8.57. The number of aryl methyl sites for hydroxylation is 1. The molecule has 1 N–H and O–H groups in total. The first-order valence-electron chi connectivity index (χ1n) is 8.70. The molecule has 1 heterocycles. The summed E-state index contributed by atoms with van der Waals surface area (Å²) in [5.41, 5.74) is 3.11. The Morgan fingerprint density at radius 1 is 1.16 bits per heavy atom. The van der Waals surface area contributed by atoms with Crippen LogP contribution in [0, 0.1) is 6.92 Å². The highest BCUT2D eigenvalue weighted by molar-refractivity contribution is 6.14. The van der Waals surface area contributed by atoms with E-state index in [4.69, 9.17) is 4.74 Å². The number of ether oxygens (including phenoxy) is 1. The summed E-state index contributed by atoms with van der Waals surface area (Å²) >= 11 is 0. The van der Waals surface area contributed by atoms with Crippen LogP contribution in [0.4, 0.5) is 0 Å². The van der Waals surface area contributed by atoms with E-state index >= 15 is 0 Å². The van der Waals surface area contributed by atoms with Crippen LogP contribution >= 0.6 is 0 Å². The van der Waals surface area contributed by atoms with Gasteiger partial charge in [-0.2, -0.15) is 0 Å². The second-order valence-electron chi connectivity index (χ2n) is 6.41. The first kappa shape index (κ1) is 17.2. The van der Waals surface area contributed by atoms with E-state index in [0.29, 0.717) is 23.4 Å². The highest BCUT2D eigenvalue weighted by atomic mass is 16.5. The highest BCUT2D eigenvalue weighted by Crippen LogP contribution is 2.38. The predicted molar refractivity (Wildman–Crippen MR) is 95.8 cm³/mol. The molecule has 130 valence electrons. The third-order valence-corrected chi connectivity index (χ3v) is 4.66. The summed E-state index contributed by atoms with van der Waals surface area (Å²) in [6.07, 6.45) is 1.74. The number of quaternary nitrogens is 1. The van der Waals surface area contributed by atoms with Gasteiger partial charge in [-0.05, 0) is 38.5 Å². The molecule has 0 saturated carbocycles. The lowest BCUT2D eigenvalue weighted by atomic mass is 10.0. The molecular formula is C21H23NO3. The highest BCUT2D eigenvalue weighted by Gasteiger charge is 2.30. The summed E-state index contributed by atoms with van der Waals surface area (Å²) in [4.78, 5) is 13.9. The number of hydrogen-bond donors (Lipinski definition) is 1. The summed E-state index contributed by atoms with van der Waals surface area (Å²) < 4.78 is 5.86. The first-order chi connectivity index (χ1) is 12.0. The van der Waals surface area contributed by atoms with Gasteiger partial charge >= 0.3 is 0 Å². The average Bonchev–Trinajstić information content (AvgIpc) is 2.90. The van der Waals surface area contributed by atoms with Crippen LogP contribution in [0.5, 0.6) is 11.5 Å². The number of hydrogen-bond acceptors (Lipinski definition) is 3. The molecule has 4 nitrogen and oxygen atoms in total. The zero-order valence-corrected chi connectivity index (χ0v) is 14.9. The molecule has 0 spiro atoms. The van der Waals surface area contributed by atoms with Gasteiger partial charge in [0.2, 0.25) is 5.78 Å². The molecule has 0 unspecified atom stereocenters. The van der Waals surface area contributed by atoms with E-state index in [0.717, 1.165) is 24.2 Å². The number of carbonyl (C=O) groups excluding carboxylic acids is 1. The molecule has 1 aliphatic rings. The second-order valence-corrected chi connectivity index (χ2v) is 6.41. The minimum atomic E-state index is -0.160. The number of rotatable bonds is 5. The monoisotopic (exact) mass is 337 g/mol. The lowest BCUT2D eigenvalue weighted by molar-refractivity contribution is -0.910. The Morgan fingerprint density at radius 3 is 2.60 bits per heavy atom. The Morgan fingerprint density at radius 2 is 1.92 bits per heavy atom. The molecule has 3 rings (SSSR count). The number of Topliss-reactive ketones (excluding diaryl/α,β-unsaturated/α-hetero) is 1. The standard InChI is InChI=1S/C21H23NO3/c1-4-22(5-2)13-17-18(23)10-9-16-20(24)19(25-21(16)17)12-15-8-6-7-14(3)11-15/h6-12,23H,4-5,13H2,1-3H3. The van der Waals surface area contributed by atoms with Gasteiger partial charge in [-0.1, -0.05) is 41.6 Å². The van der Waals surface area contributed by atoms with Gasteiger partial charge in [0.05, 0.1) is 18.7 Å². The van der Waals surface area contributed by atoms with Crippen LogP contribution in [0.15, 0.2) is 42.2 Å². The van der Waals surface area contributed by atoms with Gasteiger partial charge in [0.15, 0.2) is 5.76 Å². The van der Waals surface area contributed by atoms with E-state index in [-0.39, 0.29) is 17.3 Å². The van der Waals surface area contributed by atoms with Gasteiger partial charge < -0.3 is 14.7 Å². The lowest BCUT2D eigenvalue weighted by Gasteiger charge is -2.21. The largest absolute Gasteiger partial charge is 0.872 e. The molecule has 0 fully saturated rings. The molecule has 0 aliphatic carbocycles. The van der Waals surface area contributed by atoms with Crippen molar-refractivity contribution in [1.82, 2.24) is 0 Å². The van der Waals surface area contributed by atoms with Crippen molar-refractivity contribution in [3.63, 3.8) is 0 Å². The molecule has 2 aromatic rings. The van der Waals surface area contributed by atoms with Crippen molar-refractivity contribution in [2.45, 2.75) is 27.3 Å². The summed E-state index contributed by atoms with van der Waals surface area (Å²) in [5, 5.41) is 12.3. The fourth-order valence-electron chi connectivity index (χ4n) is 3.12. The second kappa shape index (κ2) is 7.11. The van der Waals surface area contributed by atoms with E-state index in [9.17, 15) is 9.90 Å². The normalized spacial score (nSPS) is 14.9. The number of allylic oxidation sites excluding steroid dienone is 1. The Bertz CT molecular complexity index is 835. The van der Waals surface area contributed by atoms with Gasteiger partial charge in [0.25, 0.3) is 0 Å². The van der Waals surface area contributed by atoms with Gasteiger partial charge in [-0.15, -0.1) is 0 Å². The van der Waals surface area contributed by atoms with Crippen LogP contribution in [-0.2, 0) is 6.54 Å². The number of fused-ring (bicyclic) bond motifs is 1. The molecule has 4 heteroatoms. The number of benzene rings is 2. The van der Waals surface area contributed by atoms with Crippen molar-refractivity contribution in [3.8, 4) is 11.5 Å². The van der Waals surface area contributed by atoms with Gasteiger partial charge in [0, 0.05) is 5.56 Å². The molecule has 0 atom stereocenters. The molecule has 0 bridgehead atoms. The molecule has 25 heavy (non-hydrogen) atoms. The topological polar surface area (TPSA) is 53.8 Å². The van der Waals surface area contributed by atoms with Gasteiger partial charge in [0.1, 0.15) is 12.3 Å². The molecule has 1 aliphatic heterocycles. The maximum atomic E-state index is 12.7. The Balaban J connectivity index is 1.98. The van der Waals surface area contributed by atoms with E-state index in [2.05, 4.69) is 13.8 Å². The van der Waals surface area contributed by atoms with Crippen LogP contribution in [0.3, 0.4) is 0 Å². The molecular weight excluding hydrogens is 314 g/mol. The van der Waals surface area contributed by atoms with Crippen molar-refractivity contribution in [2.75, 3.05) is 13.1 Å². The smallest absolute Gasteiger partial charge is 0.231 e. The van der Waals surface area contributed by atoms with Crippen molar-refractivity contribution < 1.29 is 19.5 Å². The van der Waals surface area contributed by atoms with Crippen molar-refractivity contribution in [3.05, 3.63) is 64.4 Å². The number of ketones is 1. The quantitative estimate of drug-likeness (QED) is 0.850. The zero-order chi connectivity index (χ0) is 18.0. The molecule has 0 aromatic heterocycles. The predicted octanol–water partition coefficient (Wildman–Crippen LogP) is 2.11. The zero-order valence-electron chi connectivity index (χ0n) is 14.9. The molecule has 0 saturated heterocycles. The van der Waals surface area contributed by atoms with Crippen LogP contribution in [-0.4, -0.2) is 18.9 Å². The van der Waals surface area contributed by atoms with E-state index in [1.54, 1.807) is 12.1 Å². The minimum absolute atomic E-state index is 0.0669. The van der Waals surface area contributed by atoms with Crippen LogP contribution < -0.4 is 14.7 Å². The fourth-order valence-corrected chi connectivity index (χ4v) is 3.12. The Kier molecular flexibility index (Phi) is 4.91. The van der Waals surface area contributed by atoms with Crippen LogP contribution in [0.2, 0.25) is 0 Å². The lowest BCUT2D eigenvalue weighted by Crippen LogP contribution is -3.10. The minimum Gasteiger partial charge on any atom is -0.872 e. The first-order valence-corrected chi connectivity index (χ1v) is 8.70. The van der Waals surface area contributed by atoms with Crippen molar-refractivity contribution in [1.29, 1.82) is 0 Å². The third-order valence-electron chi connectivity index (χ3n) is 4.66. The van der Waals surface area contributed by atoms with Crippen LogP contribution in [0.1, 0.15) is 40.9 Å². The third kappa shape index (κ3) is 3.44. The average molecular weight is 337 g/mol. The number of carbonyl (C=O) groups is 1. The van der Waals surface area contributed by atoms with E-state index in [1.165, 1.54) is 11.0 Å². The SMILES string of the molecule is CC[NH+](CC)Cc1c([O-])ccc2c1OC(=Cc1cccc(C)c1)C2=O. The van der Waals surface area contributed by atoms with Crippen molar-refractivity contribution in [2.24, 2.45) is 0 Å². The summed E-state index contributed by atoms with van der Waals surface area (Å²) in [6, 6.07) is 10.9. The van der Waals surface area contributed by atoms with E-state index < -0.39 is 0 Å². The van der Waals surface area contributed by atoms with Crippen LogP contribution in [0.25, 0.3) is 6.08 Å². The molecule has 2 aromatic carbocycles. The molecule has 0 amide bonds. The Hall–Kier alpha value is -2.59. The maximum Gasteiger partial charge on any atom is 0.231 e. The van der Waals surface area contributed by atoms with E-state index in [1.807, 2.05) is 31.2 Å². The summed E-state index contributed by atoms with van der Waals surface area (Å²) in [5.74, 6) is 0.493. The number of nitrogens with one attached hydrogen (secondary N) is 1. The molecule has 0 radical (unpaired) electrons. The fraction of sp³-hybridized carbons (Fsp3) is 0.286. The summed E-state index contributed by atoms with van der Waals surface area (Å²) in [7, 11) is 0. The Labute approximate surface area is 148 Å². The maximum absolute atomic E-state index is 12.7.